The molecule has 90 valence electrons. The maximum Gasteiger partial charge on any atom is 0.0932 e. The number of rotatable bonds is 4. The van der Waals surface area contributed by atoms with E-state index in [1.807, 2.05) is 19.2 Å². The molecule has 1 aliphatic carbocycles. The van der Waals surface area contributed by atoms with Crippen molar-refractivity contribution in [2.24, 2.45) is 0 Å². The van der Waals surface area contributed by atoms with Crippen molar-refractivity contribution in [3.8, 4) is 0 Å². The van der Waals surface area contributed by atoms with Gasteiger partial charge in [-0.2, -0.15) is 0 Å². The number of hydrogen-bond donors (Lipinski definition) is 1. The van der Waals surface area contributed by atoms with Gasteiger partial charge in [-0.3, -0.25) is 0 Å². The molecule has 1 aromatic heterocycles. The number of thiophene rings is 1. The lowest BCUT2D eigenvalue weighted by Crippen LogP contribution is -2.32. The molecule has 1 fully saturated rings. The van der Waals surface area contributed by atoms with E-state index in [2.05, 4.69) is 5.32 Å². The average Bonchev–Trinajstić information content (AvgIpc) is 2.73. The van der Waals surface area contributed by atoms with E-state index < -0.39 is 0 Å². The summed E-state index contributed by atoms with van der Waals surface area (Å²) in [5, 5.41) is 3.33. The summed E-state index contributed by atoms with van der Waals surface area (Å²) in [7, 11) is 2.04. The fourth-order valence-electron chi connectivity index (χ4n) is 2.15. The Morgan fingerprint density at radius 3 is 2.69 bits per heavy atom. The van der Waals surface area contributed by atoms with Gasteiger partial charge in [-0.25, -0.2) is 0 Å². The van der Waals surface area contributed by atoms with Crippen LogP contribution in [0.2, 0.25) is 4.34 Å². The fraction of sp³-hybridized carbons (Fsp3) is 0.667. The summed E-state index contributed by atoms with van der Waals surface area (Å²) in [4.78, 5) is 1.22. The van der Waals surface area contributed by atoms with E-state index in [4.69, 9.17) is 16.3 Å². The summed E-state index contributed by atoms with van der Waals surface area (Å²) in [6.45, 7) is 0.715. The van der Waals surface area contributed by atoms with Crippen molar-refractivity contribution < 1.29 is 4.74 Å². The third-order valence-electron chi connectivity index (χ3n) is 3.17. The van der Waals surface area contributed by atoms with Crippen molar-refractivity contribution in [3.05, 3.63) is 21.3 Å². The first-order chi connectivity index (χ1) is 7.78. The molecule has 4 heteroatoms. The van der Waals surface area contributed by atoms with E-state index in [0.717, 1.165) is 4.34 Å². The summed E-state index contributed by atoms with van der Waals surface area (Å²) in [6.07, 6.45) is 5.24. The summed E-state index contributed by atoms with van der Waals surface area (Å²) in [6, 6.07) is 4.67. The molecule has 0 unspecified atom stereocenters. The van der Waals surface area contributed by atoms with Crippen molar-refractivity contribution in [2.45, 2.75) is 44.4 Å². The Morgan fingerprint density at radius 2 is 2.12 bits per heavy atom. The molecular formula is C12H18ClNOS. The Hall–Kier alpha value is -0.0900. The van der Waals surface area contributed by atoms with Crippen LogP contribution >= 0.6 is 22.9 Å². The van der Waals surface area contributed by atoms with Gasteiger partial charge in [0.15, 0.2) is 0 Å². The molecule has 1 saturated carbocycles. The Morgan fingerprint density at radius 1 is 1.38 bits per heavy atom. The van der Waals surface area contributed by atoms with Gasteiger partial charge in [-0.1, -0.05) is 11.6 Å². The van der Waals surface area contributed by atoms with E-state index in [1.165, 1.54) is 30.6 Å². The minimum atomic E-state index is 0.436. The SMILES string of the molecule is CNC1CCC(OCc2ccc(Cl)s2)CC1. The highest BCUT2D eigenvalue weighted by Gasteiger charge is 2.20. The second-order valence-corrected chi connectivity index (χ2v) is 6.08. The average molecular weight is 260 g/mol. The van der Waals surface area contributed by atoms with E-state index in [1.54, 1.807) is 11.3 Å². The predicted octanol–water partition coefficient (Wildman–Crippen LogP) is 3.45. The topological polar surface area (TPSA) is 21.3 Å². The highest BCUT2D eigenvalue weighted by Crippen LogP contribution is 2.25. The molecule has 2 nitrogen and oxygen atoms in total. The van der Waals surface area contributed by atoms with Crippen LogP contribution in [-0.2, 0) is 11.3 Å². The smallest absolute Gasteiger partial charge is 0.0932 e. The molecule has 0 aliphatic heterocycles. The van der Waals surface area contributed by atoms with E-state index >= 15 is 0 Å². The van der Waals surface area contributed by atoms with Crippen LogP contribution in [0, 0.1) is 0 Å². The van der Waals surface area contributed by atoms with Crippen LogP contribution < -0.4 is 5.32 Å². The summed E-state index contributed by atoms with van der Waals surface area (Å²) in [5.41, 5.74) is 0. The zero-order valence-electron chi connectivity index (χ0n) is 9.54. The molecule has 0 amide bonds. The van der Waals surface area contributed by atoms with Crippen LogP contribution in [0.5, 0.6) is 0 Å². The summed E-state index contributed by atoms with van der Waals surface area (Å²) in [5.74, 6) is 0. The Bertz CT molecular complexity index is 321. The zero-order chi connectivity index (χ0) is 11.4. The molecule has 1 aromatic rings. The van der Waals surface area contributed by atoms with Gasteiger partial charge in [0.1, 0.15) is 0 Å². The van der Waals surface area contributed by atoms with Crippen molar-refractivity contribution in [1.82, 2.24) is 5.32 Å². The minimum absolute atomic E-state index is 0.436. The predicted molar refractivity (Wildman–Crippen MR) is 69.2 cm³/mol. The highest BCUT2D eigenvalue weighted by atomic mass is 35.5. The quantitative estimate of drug-likeness (QED) is 0.894. The van der Waals surface area contributed by atoms with Gasteiger partial charge in [0.25, 0.3) is 0 Å². The maximum absolute atomic E-state index is 5.90. The maximum atomic E-state index is 5.90. The monoisotopic (exact) mass is 259 g/mol. The Balaban J connectivity index is 1.71. The van der Waals surface area contributed by atoms with Gasteiger partial charge >= 0.3 is 0 Å². The molecule has 16 heavy (non-hydrogen) atoms. The van der Waals surface area contributed by atoms with Crippen LogP contribution in [0.3, 0.4) is 0 Å². The molecule has 0 radical (unpaired) electrons. The van der Waals surface area contributed by atoms with Crippen molar-refractivity contribution in [3.63, 3.8) is 0 Å². The number of halogens is 1. The molecule has 1 N–H and O–H groups in total. The highest BCUT2D eigenvalue weighted by molar-refractivity contribution is 7.16. The lowest BCUT2D eigenvalue weighted by molar-refractivity contribution is 0.0131. The molecule has 0 saturated heterocycles. The van der Waals surface area contributed by atoms with Crippen LogP contribution in [0.1, 0.15) is 30.6 Å². The van der Waals surface area contributed by atoms with Crippen LogP contribution in [-0.4, -0.2) is 19.2 Å². The summed E-state index contributed by atoms with van der Waals surface area (Å²) < 4.78 is 6.74. The van der Waals surface area contributed by atoms with Gasteiger partial charge < -0.3 is 10.1 Å². The third-order valence-corrected chi connectivity index (χ3v) is 4.38. The first kappa shape index (κ1) is 12.4. The normalized spacial score (nSPS) is 25.9. The largest absolute Gasteiger partial charge is 0.373 e. The van der Waals surface area contributed by atoms with Crippen LogP contribution in [0.4, 0.5) is 0 Å². The first-order valence-corrected chi connectivity index (χ1v) is 7.00. The van der Waals surface area contributed by atoms with Crippen LogP contribution in [0.25, 0.3) is 0 Å². The molecule has 0 aromatic carbocycles. The Labute approximate surface area is 106 Å². The second kappa shape index (κ2) is 6.01. The number of ether oxygens (including phenoxy) is 1. The van der Waals surface area contributed by atoms with E-state index in [-0.39, 0.29) is 0 Å². The first-order valence-electron chi connectivity index (χ1n) is 5.81. The zero-order valence-corrected chi connectivity index (χ0v) is 11.1. The van der Waals surface area contributed by atoms with Crippen molar-refractivity contribution >= 4 is 22.9 Å². The molecule has 0 spiro atoms. The molecule has 1 heterocycles. The lowest BCUT2D eigenvalue weighted by Gasteiger charge is -2.28. The van der Waals surface area contributed by atoms with E-state index in [9.17, 15) is 0 Å². The van der Waals surface area contributed by atoms with Gasteiger partial charge in [-0.05, 0) is 44.9 Å². The molecule has 0 atom stereocenters. The van der Waals surface area contributed by atoms with Gasteiger partial charge in [0, 0.05) is 10.9 Å². The van der Waals surface area contributed by atoms with Crippen LogP contribution in [0.15, 0.2) is 12.1 Å². The van der Waals surface area contributed by atoms with Gasteiger partial charge in [0.2, 0.25) is 0 Å². The molecule has 2 rings (SSSR count). The van der Waals surface area contributed by atoms with Gasteiger partial charge in [-0.15, -0.1) is 11.3 Å². The second-order valence-electron chi connectivity index (χ2n) is 4.28. The molecule has 1 aliphatic rings. The molecular weight excluding hydrogens is 242 g/mol. The lowest BCUT2D eigenvalue weighted by atomic mass is 9.93. The molecule has 0 bridgehead atoms. The van der Waals surface area contributed by atoms with Crippen molar-refractivity contribution in [2.75, 3.05) is 7.05 Å². The van der Waals surface area contributed by atoms with Crippen molar-refractivity contribution in [1.29, 1.82) is 0 Å². The minimum Gasteiger partial charge on any atom is -0.373 e. The number of hydrogen-bond acceptors (Lipinski definition) is 3. The summed E-state index contributed by atoms with van der Waals surface area (Å²) >= 11 is 7.48. The third kappa shape index (κ3) is 3.45. The fourth-order valence-corrected chi connectivity index (χ4v) is 3.16. The van der Waals surface area contributed by atoms with E-state index in [0.29, 0.717) is 18.8 Å². The van der Waals surface area contributed by atoms with Gasteiger partial charge in [0.05, 0.1) is 17.0 Å². The number of nitrogens with one attached hydrogen (secondary N) is 1. The Kier molecular flexibility index (Phi) is 4.65. The standard InChI is InChI=1S/C12H18ClNOS/c1-14-9-2-4-10(5-3-9)15-8-11-6-7-12(13)16-11/h6-7,9-10,14H,2-5,8H2,1H3.